The van der Waals surface area contributed by atoms with E-state index in [1.807, 2.05) is 24.3 Å². The van der Waals surface area contributed by atoms with Gasteiger partial charge in [-0.05, 0) is 17.7 Å². The van der Waals surface area contributed by atoms with Crippen LogP contribution in [0.1, 0.15) is 18.4 Å². The molecule has 0 radical (unpaired) electrons. The summed E-state index contributed by atoms with van der Waals surface area (Å²) in [4.78, 5) is 0. The van der Waals surface area contributed by atoms with Crippen LogP contribution in [-0.2, 0) is 14.6 Å². The molecule has 0 saturated heterocycles. The van der Waals surface area contributed by atoms with Crippen LogP contribution in [0.3, 0.4) is 0 Å². The van der Waals surface area contributed by atoms with Gasteiger partial charge in [0.25, 0.3) is 0 Å². The fourth-order valence-electron chi connectivity index (χ4n) is 2.72. The predicted molar refractivity (Wildman–Crippen MR) is 78.9 cm³/mol. The molecule has 0 aliphatic heterocycles. The lowest BCUT2D eigenvalue weighted by atomic mass is 10.1. The molecule has 19 heavy (non-hydrogen) atoms. The highest BCUT2D eigenvalue weighted by molar-refractivity contribution is 9.10. The average molecular weight is 348 g/mol. The molecule has 1 fully saturated rings. The van der Waals surface area contributed by atoms with E-state index in [0.717, 1.165) is 10.0 Å². The lowest BCUT2D eigenvalue weighted by Crippen LogP contribution is -2.36. The monoisotopic (exact) mass is 347 g/mol. The molecule has 3 atom stereocenters. The second-order valence-corrected chi connectivity index (χ2v) is 8.27. The van der Waals surface area contributed by atoms with E-state index in [0.29, 0.717) is 0 Å². The SMILES string of the molecule is CCS(=O)(=O)C1C(c2ccc(Br)cc2)C1(N)COC. The number of ether oxygens (including phenoxy) is 1. The third kappa shape index (κ3) is 2.59. The van der Waals surface area contributed by atoms with Crippen molar-refractivity contribution >= 4 is 25.8 Å². The van der Waals surface area contributed by atoms with Crippen LogP contribution < -0.4 is 5.73 Å². The Labute approximate surface area is 122 Å². The number of rotatable bonds is 5. The van der Waals surface area contributed by atoms with E-state index in [4.69, 9.17) is 10.5 Å². The van der Waals surface area contributed by atoms with E-state index < -0.39 is 20.6 Å². The summed E-state index contributed by atoms with van der Waals surface area (Å²) in [6.45, 7) is 1.90. The number of halogens is 1. The van der Waals surface area contributed by atoms with Gasteiger partial charge in [-0.3, -0.25) is 0 Å². The van der Waals surface area contributed by atoms with E-state index in [-0.39, 0.29) is 18.3 Å². The molecule has 1 aliphatic carbocycles. The normalized spacial score (nSPS) is 30.3. The largest absolute Gasteiger partial charge is 0.383 e. The van der Waals surface area contributed by atoms with Crippen molar-refractivity contribution in [1.29, 1.82) is 0 Å². The Bertz CT molecular complexity index is 558. The van der Waals surface area contributed by atoms with Gasteiger partial charge in [0, 0.05) is 23.3 Å². The Hall–Kier alpha value is -0.430. The molecule has 1 aromatic rings. The quantitative estimate of drug-likeness (QED) is 0.879. The maximum absolute atomic E-state index is 12.2. The standard InChI is InChI=1S/C13H18BrNO3S/c1-3-19(16,17)12-11(13(12,15)8-18-2)9-4-6-10(14)7-5-9/h4-7,11-12H,3,8,15H2,1-2H3. The summed E-state index contributed by atoms with van der Waals surface area (Å²) in [5, 5.41) is -0.550. The minimum Gasteiger partial charge on any atom is -0.383 e. The second kappa shape index (κ2) is 5.16. The van der Waals surface area contributed by atoms with Crippen molar-refractivity contribution in [3.63, 3.8) is 0 Å². The van der Waals surface area contributed by atoms with Gasteiger partial charge in [0.05, 0.1) is 17.4 Å². The number of methoxy groups -OCH3 is 1. The molecule has 2 rings (SSSR count). The maximum atomic E-state index is 12.2. The molecule has 0 bridgehead atoms. The lowest BCUT2D eigenvalue weighted by Gasteiger charge is -2.10. The summed E-state index contributed by atoms with van der Waals surface area (Å²) >= 11 is 3.37. The van der Waals surface area contributed by atoms with Gasteiger partial charge in [0.1, 0.15) is 0 Å². The van der Waals surface area contributed by atoms with Crippen LogP contribution in [0.5, 0.6) is 0 Å². The first-order valence-electron chi connectivity index (χ1n) is 6.11. The first kappa shape index (κ1) is 15.0. The maximum Gasteiger partial charge on any atom is 0.155 e. The Kier molecular flexibility index (Phi) is 4.07. The zero-order valence-electron chi connectivity index (χ0n) is 11.0. The van der Waals surface area contributed by atoms with Crippen molar-refractivity contribution in [2.75, 3.05) is 19.5 Å². The van der Waals surface area contributed by atoms with Crippen LogP contribution in [0, 0.1) is 0 Å². The van der Waals surface area contributed by atoms with Gasteiger partial charge < -0.3 is 10.5 Å². The Balaban J connectivity index is 2.36. The molecule has 4 nitrogen and oxygen atoms in total. The van der Waals surface area contributed by atoms with Crippen molar-refractivity contribution in [2.24, 2.45) is 5.73 Å². The smallest absolute Gasteiger partial charge is 0.155 e. The van der Waals surface area contributed by atoms with Crippen LogP contribution >= 0.6 is 15.9 Å². The first-order chi connectivity index (χ1) is 8.86. The van der Waals surface area contributed by atoms with Crippen molar-refractivity contribution in [2.45, 2.75) is 23.6 Å². The van der Waals surface area contributed by atoms with Gasteiger partial charge in [-0.25, -0.2) is 8.42 Å². The summed E-state index contributed by atoms with van der Waals surface area (Å²) in [6.07, 6.45) is 0. The summed E-state index contributed by atoms with van der Waals surface area (Å²) < 4.78 is 30.4. The van der Waals surface area contributed by atoms with E-state index >= 15 is 0 Å². The molecule has 0 amide bonds. The number of sulfone groups is 1. The zero-order chi connectivity index (χ0) is 14.3. The Morgan fingerprint density at radius 1 is 1.37 bits per heavy atom. The van der Waals surface area contributed by atoms with Crippen LogP contribution in [0.25, 0.3) is 0 Å². The zero-order valence-corrected chi connectivity index (χ0v) is 13.4. The summed E-state index contributed by atoms with van der Waals surface area (Å²) in [7, 11) is -1.64. The van der Waals surface area contributed by atoms with Crippen molar-refractivity contribution in [3.8, 4) is 0 Å². The predicted octanol–water partition coefficient (Wildman–Crippen LogP) is 1.69. The molecular weight excluding hydrogens is 330 g/mol. The highest BCUT2D eigenvalue weighted by Crippen LogP contribution is 2.54. The van der Waals surface area contributed by atoms with Crippen molar-refractivity contribution in [3.05, 3.63) is 34.3 Å². The van der Waals surface area contributed by atoms with E-state index in [1.54, 1.807) is 14.0 Å². The van der Waals surface area contributed by atoms with Crippen LogP contribution in [0.15, 0.2) is 28.7 Å². The molecule has 106 valence electrons. The van der Waals surface area contributed by atoms with Gasteiger partial charge in [-0.1, -0.05) is 35.0 Å². The number of benzene rings is 1. The third-order valence-electron chi connectivity index (χ3n) is 3.72. The van der Waals surface area contributed by atoms with E-state index in [9.17, 15) is 8.42 Å². The molecule has 0 heterocycles. The third-order valence-corrected chi connectivity index (χ3v) is 6.53. The van der Waals surface area contributed by atoms with Gasteiger partial charge in [0.2, 0.25) is 0 Å². The minimum absolute atomic E-state index is 0.105. The van der Waals surface area contributed by atoms with Crippen molar-refractivity contribution in [1.82, 2.24) is 0 Å². The highest BCUT2D eigenvalue weighted by atomic mass is 79.9. The fourth-order valence-corrected chi connectivity index (χ4v) is 4.97. The fraction of sp³-hybridized carbons (Fsp3) is 0.538. The molecule has 1 aliphatic rings. The minimum atomic E-state index is -3.18. The van der Waals surface area contributed by atoms with Gasteiger partial charge >= 0.3 is 0 Å². The summed E-state index contributed by atoms with van der Waals surface area (Å²) in [5.74, 6) is -0.0848. The number of hydrogen-bond donors (Lipinski definition) is 1. The van der Waals surface area contributed by atoms with Gasteiger partial charge in [0.15, 0.2) is 9.84 Å². The topological polar surface area (TPSA) is 69.4 Å². The molecular formula is C13H18BrNO3S. The molecule has 0 aromatic heterocycles. The number of nitrogens with two attached hydrogens (primary N) is 1. The molecule has 6 heteroatoms. The Morgan fingerprint density at radius 2 is 1.95 bits per heavy atom. The molecule has 0 spiro atoms. The molecule has 2 N–H and O–H groups in total. The molecule has 1 aromatic carbocycles. The molecule has 1 saturated carbocycles. The van der Waals surface area contributed by atoms with Crippen LogP contribution in [0.2, 0.25) is 0 Å². The lowest BCUT2D eigenvalue weighted by molar-refractivity contribution is 0.171. The average Bonchev–Trinajstić information content (AvgIpc) is 2.97. The first-order valence-corrected chi connectivity index (χ1v) is 8.62. The summed E-state index contributed by atoms with van der Waals surface area (Å²) in [5.41, 5.74) is 6.40. The van der Waals surface area contributed by atoms with E-state index in [1.165, 1.54) is 0 Å². The van der Waals surface area contributed by atoms with E-state index in [2.05, 4.69) is 15.9 Å². The Morgan fingerprint density at radius 3 is 2.42 bits per heavy atom. The van der Waals surface area contributed by atoms with Crippen LogP contribution in [0.4, 0.5) is 0 Å². The molecule has 3 unspecified atom stereocenters. The summed E-state index contributed by atoms with van der Waals surface area (Å²) in [6, 6.07) is 7.63. The van der Waals surface area contributed by atoms with Gasteiger partial charge in [-0.2, -0.15) is 0 Å². The van der Waals surface area contributed by atoms with Crippen molar-refractivity contribution < 1.29 is 13.2 Å². The van der Waals surface area contributed by atoms with Crippen LogP contribution in [-0.4, -0.2) is 38.7 Å². The number of hydrogen-bond acceptors (Lipinski definition) is 4. The van der Waals surface area contributed by atoms with Gasteiger partial charge in [-0.15, -0.1) is 0 Å². The second-order valence-electron chi connectivity index (χ2n) is 4.95. The highest BCUT2D eigenvalue weighted by Gasteiger charge is 2.68.